The molecule has 0 aliphatic rings. The van der Waals surface area contributed by atoms with Crippen LogP contribution in [0.1, 0.15) is 24.7 Å². The van der Waals surface area contributed by atoms with Gasteiger partial charge in [0, 0.05) is 20.9 Å². The summed E-state index contributed by atoms with van der Waals surface area (Å²) in [6.45, 7) is 4.89. The molecule has 0 spiro atoms. The Labute approximate surface area is 187 Å². The van der Waals surface area contributed by atoms with Gasteiger partial charge in [-0.25, -0.2) is 4.98 Å². The van der Waals surface area contributed by atoms with Gasteiger partial charge in [0.1, 0.15) is 5.82 Å². The summed E-state index contributed by atoms with van der Waals surface area (Å²) in [6, 6.07) is 11.0. The van der Waals surface area contributed by atoms with Gasteiger partial charge in [-0.15, -0.1) is 11.8 Å². The number of amides is 1. The number of aromatic nitrogens is 2. The van der Waals surface area contributed by atoms with E-state index < -0.39 is 0 Å². The molecule has 1 amide bonds. The summed E-state index contributed by atoms with van der Waals surface area (Å²) in [5, 5.41) is 0.997. The van der Waals surface area contributed by atoms with E-state index in [9.17, 15) is 9.59 Å². The molecule has 0 aliphatic heterocycles. The summed E-state index contributed by atoms with van der Waals surface area (Å²) in [6.07, 6.45) is 0.817. The number of H-pyrrole nitrogens is 1. The average molecular weight is 495 g/mol. The van der Waals surface area contributed by atoms with E-state index in [-0.39, 0.29) is 18.0 Å². The van der Waals surface area contributed by atoms with Gasteiger partial charge in [0.15, 0.2) is 0 Å². The smallest absolute Gasteiger partial charge is 0.258 e. The average Bonchev–Trinajstić information content (AvgIpc) is 2.66. The quantitative estimate of drug-likeness (QED) is 0.460. The standard InChI is InChI=1S/C21H21BrClN3O2S/c1-3-8-26(20(27)12-29-18-7-4-14(22)9-13(18)2)11-19-24-17-10-15(23)5-6-16(17)21(28)25-19/h4-7,9-10H,3,8,11-12H2,1-2H3,(H,24,25,28). The van der Waals surface area contributed by atoms with E-state index in [0.717, 1.165) is 21.4 Å². The van der Waals surface area contributed by atoms with E-state index in [1.807, 2.05) is 32.0 Å². The van der Waals surface area contributed by atoms with Crippen LogP contribution in [0.2, 0.25) is 5.02 Å². The molecule has 152 valence electrons. The summed E-state index contributed by atoms with van der Waals surface area (Å²) in [5.41, 5.74) is 1.42. The number of carbonyl (C=O) groups excluding carboxylic acids is 1. The molecule has 0 saturated carbocycles. The minimum Gasteiger partial charge on any atom is -0.335 e. The third-order valence-electron chi connectivity index (χ3n) is 4.39. The summed E-state index contributed by atoms with van der Waals surface area (Å²) < 4.78 is 1.02. The largest absolute Gasteiger partial charge is 0.335 e. The zero-order valence-corrected chi connectivity index (χ0v) is 19.3. The Hall–Kier alpha value is -1.83. The van der Waals surface area contributed by atoms with Gasteiger partial charge in [-0.1, -0.05) is 34.5 Å². The minimum absolute atomic E-state index is 0.00742. The first-order valence-electron chi connectivity index (χ1n) is 9.22. The fourth-order valence-electron chi connectivity index (χ4n) is 2.98. The molecule has 29 heavy (non-hydrogen) atoms. The lowest BCUT2D eigenvalue weighted by atomic mass is 10.2. The second-order valence-corrected chi connectivity index (χ2v) is 9.06. The van der Waals surface area contributed by atoms with Gasteiger partial charge in [-0.2, -0.15) is 0 Å². The fourth-order valence-corrected chi connectivity index (χ4v) is 4.54. The Morgan fingerprint density at radius 2 is 2.07 bits per heavy atom. The van der Waals surface area contributed by atoms with Gasteiger partial charge in [0.2, 0.25) is 5.91 Å². The predicted molar refractivity (Wildman–Crippen MR) is 123 cm³/mol. The van der Waals surface area contributed by atoms with E-state index in [1.165, 1.54) is 11.8 Å². The molecule has 0 unspecified atom stereocenters. The molecule has 0 aliphatic carbocycles. The number of nitrogens with one attached hydrogen (secondary N) is 1. The van der Waals surface area contributed by atoms with Crippen molar-refractivity contribution in [3.8, 4) is 0 Å². The number of hydrogen-bond donors (Lipinski definition) is 1. The van der Waals surface area contributed by atoms with Crippen molar-refractivity contribution in [3.63, 3.8) is 0 Å². The number of aromatic amines is 1. The predicted octanol–water partition coefficient (Wildman–Crippen LogP) is 5.18. The first kappa shape index (κ1) is 21.9. The van der Waals surface area contributed by atoms with E-state index in [1.54, 1.807) is 23.1 Å². The lowest BCUT2D eigenvalue weighted by Gasteiger charge is -2.21. The first-order valence-corrected chi connectivity index (χ1v) is 11.4. The van der Waals surface area contributed by atoms with Crippen LogP contribution in [0.3, 0.4) is 0 Å². The molecule has 5 nitrogen and oxygen atoms in total. The van der Waals surface area contributed by atoms with Crippen molar-refractivity contribution in [2.45, 2.75) is 31.7 Å². The summed E-state index contributed by atoms with van der Waals surface area (Å²) in [5.74, 6) is 0.788. The number of rotatable bonds is 7. The number of nitrogens with zero attached hydrogens (tertiary/aromatic N) is 2. The zero-order valence-electron chi connectivity index (χ0n) is 16.2. The first-order chi connectivity index (χ1) is 13.9. The van der Waals surface area contributed by atoms with Gasteiger partial charge in [-0.3, -0.25) is 9.59 Å². The lowest BCUT2D eigenvalue weighted by molar-refractivity contribution is -0.129. The number of fused-ring (bicyclic) bond motifs is 1. The van der Waals surface area contributed by atoms with Gasteiger partial charge in [0.25, 0.3) is 5.56 Å². The van der Waals surface area contributed by atoms with Crippen LogP contribution in [0.5, 0.6) is 0 Å². The van der Waals surface area contributed by atoms with Gasteiger partial charge < -0.3 is 9.88 Å². The van der Waals surface area contributed by atoms with Gasteiger partial charge in [0.05, 0.1) is 23.2 Å². The number of benzene rings is 2. The van der Waals surface area contributed by atoms with Crippen LogP contribution >= 0.6 is 39.3 Å². The van der Waals surface area contributed by atoms with Crippen LogP contribution in [0, 0.1) is 6.92 Å². The molecule has 2 aromatic carbocycles. The minimum atomic E-state index is -0.231. The number of aryl methyl sites for hydroxylation is 1. The van der Waals surface area contributed by atoms with E-state index in [2.05, 4.69) is 25.9 Å². The Morgan fingerprint density at radius 3 is 2.79 bits per heavy atom. The van der Waals surface area contributed by atoms with E-state index in [0.29, 0.717) is 34.0 Å². The highest BCUT2D eigenvalue weighted by molar-refractivity contribution is 9.10. The summed E-state index contributed by atoms with van der Waals surface area (Å²) in [4.78, 5) is 35.3. The molecule has 1 aromatic heterocycles. The number of halogens is 2. The molecule has 0 radical (unpaired) electrons. The second-order valence-electron chi connectivity index (χ2n) is 6.69. The normalized spacial score (nSPS) is 11.0. The van der Waals surface area contributed by atoms with Crippen molar-refractivity contribution in [1.82, 2.24) is 14.9 Å². The molecule has 0 atom stereocenters. The molecule has 8 heteroatoms. The monoisotopic (exact) mass is 493 g/mol. The van der Waals surface area contributed by atoms with Crippen LogP contribution in [-0.2, 0) is 11.3 Å². The second kappa shape index (κ2) is 9.78. The highest BCUT2D eigenvalue weighted by Crippen LogP contribution is 2.25. The molecule has 3 aromatic rings. The molecule has 1 N–H and O–H groups in total. The third-order valence-corrected chi connectivity index (χ3v) is 6.28. The highest BCUT2D eigenvalue weighted by Gasteiger charge is 2.16. The van der Waals surface area contributed by atoms with Crippen LogP contribution in [0.4, 0.5) is 0 Å². The Morgan fingerprint density at radius 1 is 1.28 bits per heavy atom. The van der Waals surface area contributed by atoms with Crippen LogP contribution in [0.25, 0.3) is 10.9 Å². The topological polar surface area (TPSA) is 66.1 Å². The van der Waals surface area contributed by atoms with E-state index >= 15 is 0 Å². The lowest BCUT2D eigenvalue weighted by Crippen LogP contribution is -2.34. The van der Waals surface area contributed by atoms with Crippen molar-refractivity contribution in [1.29, 1.82) is 0 Å². The molecular formula is C21H21BrClN3O2S. The van der Waals surface area contributed by atoms with Crippen molar-refractivity contribution >= 4 is 56.1 Å². The Kier molecular flexibility index (Phi) is 7.38. The van der Waals surface area contributed by atoms with E-state index in [4.69, 9.17) is 11.6 Å². The molecule has 0 fully saturated rings. The number of thioether (sulfide) groups is 1. The highest BCUT2D eigenvalue weighted by atomic mass is 79.9. The molecule has 1 heterocycles. The zero-order chi connectivity index (χ0) is 21.0. The third kappa shape index (κ3) is 5.62. The van der Waals surface area contributed by atoms with Crippen molar-refractivity contribution in [2.75, 3.05) is 12.3 Å². The maximum absolute atomic E-state index is 12.8. The van der Waals surface area contributed by atoms with Gasteiger partial charge in [-0.05, 0) is 55.3 Å². The molecule has 0 bridgehead atoms. The maximum Gasteiger partial charge on any atom is 0.258 e. The maximum atomic E-state index is 12.8. The number of hydrogen-bond acceptors (Lipinski definition) is 4. The van der Waals surface area contributed by atoms with Crippen LogP contribution in [0.15, 0.2) is 50.6 Å². The van der Waals surface area contributed by atoms with Gasteiger partial charge >= 0.3 is 0 Å². The van der Waals surface area contributed by atoms with Crippen LogP contribution in [-0.4, -0.2) is 33.1 Å². The molecule has 3 rings (SSSR count). The SMILES string of the molecule is CCCN(Cc1nc2cc(Cl)ccc2c(=O)[nH]1)C(=O)CSc1ccc(Br)cc1C. The Balaban J connectivity index is 1.76. The van der Waals surface area contributed by atoms with Crippen molar-refractivity contribution in [2.24, 2.45) is 0 Å². The fraction of sp³-hybridized carbons (Fsp3) is 0.286. The summed E-state index contributed by atoms with van der Waals surface area (Å²) in [7, 11) is 0. The Bertz CT molecular complexity index is 1100. The van der Waals surface area contributed by atoms with Crippen molar-refractivity contribution in [3.05, 3.63) is 67.6 Å². The summed E-state index contributed by atoms with van der Waals surface area (Å²) >= 11 is 11.0. The molecule has 0 saturated heterocycles. The molecular weight excluding hydrogens is 474 g/mol. The van der Waals surface area contributed by atoms with Crippen molar-refractivity contribution < 1.29 is 4.79 Å². The number of carbonyl (C=O) groups is 1. The van der Waals surface area contributed by atoms with Crippen LogP contribution < -0.4 is 5.56 Å².